The lowest BCUT2D eigenvalue weighted by atomic mass is 10.0. The Morgan fingerprint density at radius 3 is 2.70 bits per heavy atom. The largest absolute Gasteiger partial charge is 0.491 e. The fraction of sp³-hybridized carbons (Fsp3) is 0.667. The molecule has 1 aromatic rings. The van der Waals surface area contributed by atoms with Gasteiger partial charge in [-0.05, 0) is 37.9 Å². The highest BCUT2D eigenvalue weighted by Gasteiger charge is 2.19. The summed E-state index contributed by atoms with van der Waals surface area (Å²) < 4.78 is 17.7. The van der Waals surface area contributed by atoms with Gasteiger partial charge in [0, 0.05) is 28.3 Å². The Balaban J connectivity index is 1.48. The Labute approximate surface area is 142 Å². The molecule has 0 bridgehead atoms. The van der Waals surface area contributed by atoms with Crippen LogP contribution in [-0.4, -0.2) is 46.1 Å². The lowest BCUT2D eigenvalue weighted by Gasteiger charge is -2.20. The maximum Gasteiger partial charge on any atom is 0.119 e. The molecule has 5 heteroatoms. The van der Waals surface area contributed by atoms with E-state index in [4.69, 9.17) is 4.74 Å². The third-order valence-corrected chi connectivity index (χ3v) is 6.09. The zero-order chi connectivity index (χ0) is 16.3. The minimum absolute atomic E-state index is 0.283. The van der Waals surface area contributed by atoms with Crippen LogP contribution in [0, 0.1) is 0 Å². The molecule has 1 aliphatic carbocycles. The predicted octanol–water partition coefficient (Wildman–Crippen LogP) is 2.49. The SMILES string of the molecule is O=S(CCCNCC(O)COc1ccccc1)C1CCCCC1. The van der Waals surface area contributed by atoms with Crippen LogP contribution in [0.25, 0.3) is 0 Å². The van der Waals surface area contributed by atoms with Crippen LogP contribution in [-0.2, 0) is 10.8 Å². The Bertz CT molecular complexity index is 449. The van der Waals surface area contributed by atoms with E-state index in [-0.39, 0.29) is 6.61 Å². The van der Waals surface area contributed by atoms with Crippen LogP contribution < -0.4 is 10.1 Å². The van der Waals surface area contributed by atoms with E-state index < -0.39 is 16.9 Å². The quantitative estimate of drug-likeness (QED) is 0.643. The molecular formula is C18H29NO3S. The van der Waals surface area contributed by atoms with Gasteiger partial charge in [-0.2, -0.15) is 0 Å². The van der Waals surface area contributed by atoms with Gasteiger partial charge in [-0.3, -0.25) is 4.21 Å². The van der Waals surface area contributed by atoms with Gasteiger partial charge in [0.1, 0.15) is 18.5 Å². The van der Waals surface area contributed by atoms with Crippen molar-refractivity contribution in [2.24, 2.45) is 0 Å². The van der Waals surface area contributed by atoms with Gasteiger partial charge in [-0.25, -0.2) is 0 Å². The Kier molecular flexibility index (Phi) is 8.64. The summed E-state index contributed by atoms with van der Waals surface area (Å²) >= 11 is 0. The fourth-order valence-electron chi connectivity index (χ4n) is 2.87. The van der Waals surface area contributed by atoms with E-state index in [9.17, 15) is 9.32 Å². The average molecular weight is 340 g/mol. The van der Waals surface area contributed by atoms with E-state index in [0.717, 1.165) is 37.3 Å². The van der Waals surface area contributed by atoms with Gasteiger partial charge in [0.05, 0.1) is 0 Å². The summed E-state index contributed by atoms with van der Waals surface area (Å²) in [6.45, 7) is 1.58. The Morgan fingerprint density at radius 1 is 1.22 bits per heavy atom. The maximum absolute atomic E-state index is 12.2. The number of benzene rings is 1. The lowest BCUT2D eigenvalue weighted by molar-refractivity contribution is 0.106. The third kappa shape index (κ3) is 7.46. The molecule has 0 aliphatic heterocycles. The van der Waals surface area contributed by atoms with Gasteiger partial charge in [-0.1, -0.05) is 37.5 Å². The second kappa shape index (κ2) is 10.8. The molecule has 23 heavy (non-hydrogen) atoms. The standard InChI is InChI=1S/C18H29NO3S/c20-16(15-22-17-8-3-1-4-9-17)14-19-12-7-13-23(21)18-10-5-2-6-11-18/h1,3-4,8-9,16,18-20H,2,5-7,10-15H2. The molecule has 0 heterocycles. The van der Waals surface area contributed by atoms with Crippen molar-refractivity contribution < 1.29 is 14.1 Å². The highest BCUT2D eigenvalue weighted by atomic mass is 32.2. The molecule has 2 rings (SSSR count). The molecule has 2 unspecified atom stereocenters. The van der Waals surface area contributed by atoms with Crippen LogP contribution in [0.15, 0.2) is 30.3 Å². The molecule has 1 fully saturated rings. The van der Waals surface area contributed by atoms with Crippen molar-refractivity contribution >= 4 is 10.8 Å². The van der Waals surface area contributed by atoms with Crippen molar-refractivity contribution in [3.63, 3.8) is 0 Å². The van der Waals surface area contributed by atoms with Gasteiger partial charge in [0.25, 0.3) is 0 Å². The van der Waals surface area contributed by atoms with Crippen LogP contribution in [0.5, 0.6) is 5.75 Å². The second-order valence-corrected chi connectivity index (χ2v) is 8.02. The summed E-state index contributed by atoms with van der Waals surface area (Å²) in [7, 11) is -0.676. The maximum atomic E-state index is 12.2. The van der Waals surface area contributed by atoms with E-state index in [0.29, 0.717) is 11.8 Å². The van der Waals surface area contributed by atoms with E-state index in [1.807, 2.05) is 30.3 Å². The molecule has 4 nitrogen and oxygen atoms in total. The number of aliphatic hydroxyl groups excluding tert-OH is 1. The molecule has 0 saturated heterocycles. The second-order valence-electron chi connectivity index (χ2n) is 6.18. The van der Waals surface area contributed by atoms with E-state index in [2.05, 4.69) is 5.32 Å². The number of rotatable bonds is 10. The van der Waals surface area contributed by atoms with Gasteiger partial charge < -0.3 is 15.2 Å². The summed E-state index contributed by atoms with van der Waals surface area (Å²) in [6.07, 6.45) is 6.42. The highest BCUT2D eigenvalue weighted by molar-refractivity contribution is 7.85. The molecule has 0 radical (unpaired) electrons. The summed E-state index contributed by atoms with van der Waals surface area (Å²) in [5.41, 5.74) is 0. The van der Waals surface area contributed by atoms with Crippen molar-refractivity contribution in [3.8, 4) is 5.75 Å². The van der Waals surface area contributed by atoms with Gasteiger partial charge in [-0.15, -0.1) is 0 Å². The predicted molar refractivity (Wildman–Crippen MR) is 95.3 cm³/mol. The van der Waals surface area contributed by atoms with Gasteiger partial charge in [0.2, 0.25) is 0 Å². The van der Waals surface area contributed by atoms with E-state index >= 15 is 0 Å². The first-order valence-electron chi connectivity index (χ1n) is 8.69. The fourth-order valence-corrected chi connectivity index (χ4v) is 4.49. The Hall–Kier alpha value is -0.910. The summed E-state index contributed by atoms with van der Waals surface area (Å²) in [5, 5.41) is 13.5. The van der Waals surface area contributed by atoms with Gasteiger partial charge in [0.15, 0.2) is 0 Å². The summed E-state index contributed by atoms with van der Waals surface area (Å²) in [6, 6.07) is 9.50. The zero-order valence-electron chi connectivity index (χ0n) is 13.8. The van der Waals surface area contributed by atoms with E-state index in [1.165, 1.54) is 19.3 Å². The molecule has 2 atom stereocenters. The van der Waals surface area contributed by atoms with Crippen molar-refractivity contribution in [1.82, 2.24) is 5.32 Å². The molecule has 130 valence electrons. The van der Waals surface area contributed by atoms with Crippen molar-refractivity contribution in [3.05, 3.63) is 30.3 Å². The van der Waals surface area contributed by atoms with Crippen LogP contribution in [0.2, 0.25) is 0 Å². The number of ether oxygens (including phenoxy) is 1. The van der Waals surface area contributed by atoms with Crippen LogP contribution >= 0.6 is 0 Å². The number of aliphatic hydroxyl groups is 1. The zero-order valence-corrected chi connectivity index (χ0v) is 14.6. The van der Waals surface area contributed by atoms with Gasteiger partial charge >= 0.3 is 0 Å². The van der Waals surface area contributed by atoms with Crippen LogP contribution in [0.4, 0.5) is 0 Å². The normalized spacial score (nSPS) is 18.5. The number of hydrogen-bond acceptors (Lipinski definition) is 4. The van der Waals surface area contributed by atoms with Crippen LogP contribution in [0.3, 0.4) is 0 Å². The minimum atomic E-state index is -0.676. The molecule has 1 saturated carbocycles. The number of para-hydroxylation sites is 1. The number of nitrogens with one attached hydrogen (secondary N) is 1. The van der Waals surface area contributed by atoms with Crippen LogP contribution in [0.1, 0.15) is 38.5 Å². The lowest BCUT2D eigenvalue weighted by Crippen LogP contribution is -2.32. The average Bonchev–Trinajstić information content (AvgIpc) is 2.61. The molecular weight excluding hydrogens is 310 g/mol. The van der Waals surface area contributed by atoms with Crippen molar-refractivity contribution in [2.75, 3.05) is 25.4 Å². The first-order valence-corrected chi connectivity index (χ1v) is 10.1. The van der Waals surface area contributed by atoms with E-state index in [1.54, 1.807) is 0 Å². The smallest absolute Gasteiger partial charge is 0.119 e. The summed E-state index contributed by atoms with van der Waals surface area (Å²) in [5.74, 6) is 1.54. The van der Waals surface area contributed by atoms with Crippen molar-refractivity contribution in [1.29, 1.82) is 0 Å². The highest BCUT2D eigenvalue weighted by Crippen LogP contribution is 2.22. The molecule has 1 aromatic carbocycles. The Morgan fingerprint density at radius 2 is 1.96 bits per heavy atom. The minimum Gasteiger partial charge on any atom is -0.491 e. The molecule has 2 N–H and O–H groups in total. The first kappa shape index (κ1) is 18.4. The molecule has 0 spiro atoms. The first-order chi connectivity index (χ1) is 11.3. The monoisotopic (exact) mass is 339 g/mol. The molecule has 0 aromatic heterocycles. The number of hydrogen-bond donors (Lipinski definition) is 2. The molecule has 1 aliphatic rings. The third-order valence-electron chi connectivity index (χ3n) is 4.19. The molecule has 0 amide bonds. The van der Waals surface area contributed by atoms with Crippen molar-refractivity contribution in [2.45, 2.75) is 49.9 Å². The topological polar surface area (TPSA) is 58.6 Å². The summed E-state index contributed by atoms with van der Waals surface area (Å²) in [4.78, 5) is 0.